The van der Waals surface area contributed by atoms with Gasteiger partial charge in [0.1, 0.15) is 12.4 Å². The Kier molecular flexibility index (Phi) is 5.19. The van der Waals surface area contributed by atoms with Crippen molar-refractivity contribution in [3.05, 3.63) is 53.6 Å². The third-order valence-electron chi connectivity index (χ3n) is 5.37. The van der Waals surface area contributed by atoms with Gasteiger partial charge in [0.2, 0.25) is 5.91 Å². The summed E-state index contributed by atoms with van der Waals surface area (Å²) in [5.41, 5.74) is 3.05. The molecule has 1 fully saturated rings. The maximum Gasteiger partial charge on any atom is 0.337 e. The fourth-order valence-corrected chi connectivity index (χ4v) is 3.85. The van der Waals surface area contributed by atoms with Crippen molar-refractivity contribution in [3.63, 3.8) is 0 Å². The van der Waals surface area contributed by atoms with Crippen LogP contribution in [0.15, 0.2) is 42.5 Å². The Balaban J connectivity index is 1.57. The fourth-order valence-electron chi connectivity index (χ4n) is 3.85. The maximum absolute atomic E-state index is 13.0. The number of amides is 1. The van der Waals surface area contributed by atoms with Gasteiger partial charge in [-0.25, -0.2) is 4.79 Å². The molecule has 1 saturated heterocycles. The topological polar surface area (TPSA) is 67.9 Å². The monoisotopic (exact) mass is 380 g/mol. The molecule has 146 valence electrons. The molecule has 1 N–H and O–H groups in total. The van der Waals surface area contributed by atoms with Gasteiger partial charge in [0.15, 0.2) is 0 Å². The minimum atomic E-state index is -0.418. The van der Waals surface area contributed by atoms with Crippen molar-refractivity contribution >= 4 is 23.3 Å². The van der Waals surface area contributed by atoms with Crippen LogP contribution < -0.4 is 15.0 Å². The largest absolute Gasteiger partial charge is 0.492 e. The zero-order valence-electron chi connectivity index (χ0n) is 15.9. The number of benzene rings is 2. The molecule has 0 bridgehead atoms. The number of carbonyl (C=O) groups excluding carboxylic acids is 2. The lowest BCUT2D eigenvalue weighted by Crippen LogP contribution is -2.33. The number of hydrogen-bond donors (Lipinski definition) is 1. The van der Waals surface area contributed by atoms with E-state index in [4.69, 9.17) is 9.47 Å². The van der Waals surface area contributed by atoms with E-state index in [0.29, 0.717) is 24.3 Å². The highest BCUT2D eigenvalue weighted by Gasteiger charge is 2.27. The van der Waals surface area contributed by atoms with Crippen molar-refractivity contribution in [2.75, 3.05) is 37.0 Å². The van der Waals surface area contributed by atoms with Crippen LogP contribution >= 0.6 is 0 Å². The first-order valence-electron chi connectivity index (χ1n) is 9.64. The Morgan fingerprint density at radius 3 is 2.71 bits per heavy atom. The van der Waals surface area contributed by atoms with Gasteiger partial charge in [-0.05, 0) is 49.1 Å². The molecular weight excluding hydrogens is 356 g/mol. The summed E-state index contributed by atoms with van der Waals surface area (Å²) in [7, 11) is 1.35. The molecule has 0 radical (unpaired) electrons. The summed E-state index contributed by atoms with van der Waals surface area (Å²) in [6.07, 6.45) is 2.89. The molecule has 1 amide bonds. The second kappa shape index (κ2) is 7.92. The van der Waals surface area contributed by atoms with Crippen LogP contribution in [0.1, 0.15) is 28.8 Å². The summed E-state index contributed by atoms with van der Waals surface area (Å²) in [5.74, 6) is 0.0514. The summed E-state index contributed by atoms with van der Waals surface area (Å²) in [6, 6.07) is 13.1. The van der Waals surface area contributed by atoms with E-state index in [1.54, 1.807) is 12.1 Å². The van der Waals surface area contributed by atoms with Crippen molar-refractivity contribution < 1.29 is 19.1 Å². The van der Waals surface area contributed by atoms with Gasteiger partial charge in [0.05, 0.1) is 30.0 Å². The van der Waals surface area contributed by atoms with Gasteiger partial charge in [0.25, 0.3) is 0 Å². The van der Waals surface area contributed by atoms with Crippen molar-refractivity contribution in [2.24, 2.45) is 5.92 Å². The SMILES string of the molecule is COC(=O)c1ccc(N2CCCC2)c(NC(=O)C2COc3ccccc3C2)c1. The summed E-state index contributed by atoms with van der Waals surface area (Å²) in [6.45, 7) is 2.24. The molecule has 0 saturated carbocycles. The van der Waals surface area contributed by atoms with E-state index in [1.807, 2.05) is 30.3 Å². The van der Waals surface area contributed by atoms with Gasteiger partial charge in [-0.1, -0.05) is 18.2 Å². The number of anilines is 2. The summed E-state index contributed by atoms with van der Waals surface area (Å²) >= 11 is 0. The van der Waals surface area contributed by atoms with Gasteiger partial charge in [-0.3, -0.25) is 4.79 Å². The zero-order chi connectivity index (χ0) is 19.5. The third kappa shape index (κ3) is 3.67. The Hall–Kier alpha value is -3.02. The van der Waals surface area contributed by atoms with E-state index in [0.717, 1.165) is 42.9 Å². The zero-order valence-corrected chi connectivity index (χ0v) is 15.9. The number of esters is 1. The Bertz CT molecular complexity index is 890. The third-order valence-corrected chi connectivity index (χ3v) is 5.37. The van der Waals surface area contributed by atoms with Gasteiger partial charge < -0.3 is 19.7 Å². The number of carbonyl (C=O) groups is 2. The Morgan fingerprint density at radius 1 is 1.14 bits per heavy atom. The number of hydrogen-bond acceptors (Lipinski definition) is 5. The van der Waals surface area contributed by atoms with E-state index in [1.165, 1.54) is 7.11 Å². The molecule has 28 heavy (non-hydrogen) atoms. The lowest BCUT2D eigenvalue weighted by atomic mass is 9.96. The van der Waals surface area contributed by atoms with Crippen LogP contribution in [0.5, 0.6) is 5.75 Å². The molecule has 2 aliphatic heterocycles. The van der Waals surface area contributed by atoms with Crippen molar-refractivity contribution in [1.29, 1.82) is 0 Å². The number of nitrogens with zero attached hydrogens (tertiary/aromatic N) is 1. The second-order valence-electron chi connectivity index (χ2n) is 7.23. The molecule has 0 spiro atoms. The summed E-state index contributed by atoms with van der Waals surface area (Å²) in [5, 5.41) is 3.04. The van der Waals surface area contributed by atoms with E-state index >= 15 is 0 Å². The van der Waals surface area contributed by atoms with E-state index in [-0.39, 0.29) is 11.8 Å². The molecule has 2 aliphatic rings. The summed E-state index contributed by atoms with van der Waals surface area (Å²) in [4.78, 5) is 27.2. The molecule has 1 atom stereocenters. The van der Waals surface area contributed by atoms with E-state index in [2.05, 4.69) is 10.2 Å². The summed E-state index contributed by atoms with van der Waals surface area (Å²) < 4.78 is 10.6. The van der Waals surface area contributed by atoms with Gasteiger partial charge in [-0.2, -0.15) is 0 Å². The van der Waals surface area contributed by atoms with Crippen LogP contribution in [0.3, 0.4) is 0 Å². The molecule has 2 aromatic carbocycles. The fraction of sp³-hybridized carbons (Fsp3) is 0.364. The van der Waals surface area contributed by atoms with Crippen molar-refractivity contribution in [1.82, 2.24) is 0 Å². The lowest BCUT2D eigenvalue weighted by molar-refractivity contribution is -0.121. The molecule has 6 heteroatoms. The molecule has 0 aliphatic carbocycles. The van der Waals surface area contributed by atoms with Crippen LogP contribution in [0.4, 0.5) is 11.4 Å². The average molecular weight is 380 g/mol. The average Bonchev–Trinajstić information content (AvgIpc) is 3.27. The number of methoxy groups -OCH3 is 1. The normalized spacial score (nSPS) is 18.2. The maximum atomic E-state index is 13.0. The minimum Gasteiger partial charge on any atom is -0.492 e. The predicted molar refractivity (Wildman–Crippen MR) is 107 cm³/mol. The number of ether oxygens (including phenoxy) is 2. The highest BCUT2D eigenvalue weighted by atomic mass is 16.5. The predicted octanol–water partition coefficient (Wildman–Crippen LogP) is 3.26. The Morgan fingerprint density at radius 2 is 1.93 bits per heavy atom. The van der Waals surface area contributed by atoms with E-state index in [9.17, 15) is 9.59 Å². The highest BCUT2D eigenvalue weighted by Crippen LogP contribution is 2.32. The number of para-hydroxylation sites is 1. The molecule has 4 rings (SSSR count). The van der Waals surface area contributed by atoms with Gasteiger partial charge in [0, 0.05) is 13.1 Å². The number of nitrogens with one attached hydrogen (secondary N) is 1. The number of rotatable bonds is 4. The Labute approximate surface area is 164 Å². The molecule has 1 unspecified atom stereocenters. The van der Waals surface area contributed by atoms with Crippen LogP contribution in [0.25, 0.3) is 0 Å². The molecular formula is C22H24N2O4. The van der Waals surface area contributed by atoms with Gasteiger partial charge in [-0.15, -0.1) is 0 Å². The molecule has 6 nitrogen and oxygen atoms in total. The standard InChI is InChI=1S/C22H24N2O4/c1-27-22(26)16-8-9-19(24-10-4-5-11-24)18(13-16)23-21(25)17-12-15-6-2-3-7-20(15)28-14-17/h2-3,6-9,13,17H,4-5,10-12,14H2,1H3,(H,23,25). The first kappa shape index (κ1) is 18.3. The van der Waals surface area contributed by atoms with Crippen LogP contribution in [0, 0.1) is 5.92 Å². The number of fused-ring (bicyclic) bond motifs is 1. The minimum absolute atomic E-state index is 0.100. The van der Waals surface area contributed by atoms with Crippen LogP contribution in [0.2, 0.25) is 0 Å². The smallest absolute Gasteiger partial charge is 0.337 e. The second-order valence-corrected chi connectivity index (χ2v) is 7.23. The van der Waals surface area contributed by atoms with Gasteiger partial charge >= 0.3 is 5.97 Å². The molecule has 0 aromatic heterocycles. The first-order chi connectivity index (χ1) is 13.7. The molecule has 2 aromatic rings. The van der Waals surface area contributed by atoms with Crippen molar-refractivity contribution in [2.45, 2.75) is 19.3 Å². The van der Waals surface area contributed by atoms with Crippen LogP contribution in [-0.2, 0) is 16.0 Å². The first-order valence-corrected chi connectivity index (χ1v) is 9.64. The van der Waals surface area contributed by atoms with Crippen LogP contribution in [-0.4, -0.2) is 38.7 Å². The lowest BCUT2D eigenvalue weighted by Gasteiger charge is -2.26. The van der Waals surface area contributed by atoms with E-state index < -0.39 is 5.97 Å². The highest BCUT2D eigenvalue weighted by molar-refractivity contribution is 5.99. The molecule has 2 heterocycles. The quantitative estimate of drug-likeness (QED) is 0.825. The van der Waals surface area contributed by atoms with Crippen molar-refractivity contribution in [3.8, 4) is 5.75 Å².